The third-order valence-electron chi connectivity index (χ3n) is 5.01. The van der Waals surface area contributed by atoms with Crippen molar-refractivity contribution in [3.8, 4) is 0 Å². The maximum Gasteiger partial charge on any atom is 0.511 e. The number of ether oxygens (including phenoxy) is 5. The van der Waals surface area contributed by atoms with Crippen LogP contribution in [-0.4, -0.2) is 84.7 Å². The number of nitrogens with one attached hydrogen (secondary N) is 1. The van der Waals surface area contributed by atoms with Crippen LogP contribution in [0.2, 0.25) is 0 Å². The molecule has 1 saturated carbocycles. The van der Waals surface area contributed by atoms with E-state index in [1.165, 1.54) is 17.2 Å². The second kappa shape index (κ2) is 14.4. The van der Waals surface area contributed by atoms with Crippen LogP contribution in [0.3, 0.4) is 0 Å². The summed E-state index contributed by atoms with van der Waals surface area (Å²) in [4.78, 5) is 52.4. The molecule has 2 aromatic heterocycles. The molecular formula is C22H36N5O11P. The van der Waals surface area contributed by atoms with Gasteiger partial charge < -0.3 is 43.9 Å². The lowest BCUT2D eigenvalue weighted by atomic mass is 10.1. The Kier molecular flexibility index (Phi) is 11.9. The SMILES string of the molecule is CC(C)OC(=O)OCOC(=O)OC(C)C.CCC(CO)(OCP(=O)(O)O)n1cnc2c(NC3CC3)ncnc21. The molecule has 0 aliphatic heterocycles. The van der Waals surface area contributed by atoms with Crippen molar-refractivity contribution in [1.29, 1.82) is 0 Å². The zero-order chi connectivity index (χ0) is 29.2. The van der Waals surface area contributed by atoms with Crippen molar-refractivity contribution < 1.29 is 52.7 Å². The molecule has 0 radical (unpaired) electrons. The summed E-state index contributed by atoms with van der Waals surface area (Å²) in [5.41, 5.74) is -0.411. The van der Waals surface area contributed by atoms with Crippen molar-refractivity contribution in [2.75, 3.05) is 25.1 Å². The molecule has 0 spiro atoms. The lowest BCUT2D eigenvalue weighted by molar-refractivity contribution is -0.125. The summed E-state index contributed by atoms with van der Waals surface area (Å²) in [5.74, 6) is 0.596. The van der Waals surface area contributed by atoms with Crippen molar-refractivity contribution >= 4 is 36.9 Å². The number of hydrogen-bond acceptors (Lipinski definition) is 13. The van der Waals surface area contributed by atoms with Crippen LogP contribution in [0.15, 0.2) is 12.7 Å². The minimum absolute atomic E-state index is 0.268. The highest BCUT2D eigenvalue weighted by molar-refractivity contribution is 7.51. The summed E-state index contributed by atoms with van der Waals surface area (Å²) in [7, 11) is -4.38. The Hall–Kier alpha value is -3.04. The first-order chi connectivity index (χ1) is 18.3. The van der Waals surface area contributed by atoms with Gasteiger partial charge in [-0.1, -0.05) is 6.92 Å². The number of imidazole rings is 1. The zero-order valence-corrected chi connectivity index (χ0v) is 23.4. The number of fused-ring (bicyclic) bond motifs is 1. The number of carbonyl (C=O) groups is 2. The maximum absolute atomic E-state index is 11.2. The molecule has 4 N–H and O–H groups in total. The molecule has 1 aliphatic rings. The van der Waals surface area contributed by atoms with Gasteiger partial charge in [-0.15, -0.1) is 0 Å². The van der Waals surface area contributed by atoms with Gasteiger partial charge in [0.2, 0.25) is 6.79 Å². The fourth-order valence-corrected chi connectivity index (χ4v) is 3.43. The monoisotopic (exact) mass is 577 g/mol. The van der Waals surface area contributed by atoms with Crippen molar-refractivity contribution in [3.63, 3.8) is 0 Å². The average Bonchev–Trinajstić information content (AvgIpc) is 3.54. The fraction of sp³-hybridized carbons (Fsp3) is 0.682. The zero-order valence-electron chi connectivity index (χ0n) is 22.5. The Labute approximate surface area is 225 Å². The van der Waals surface area contributed by atoms with Gasteiger partial charge in [0.1, 0.15) is 6.33 Å². The molecule has 1 atom stereocenters. The van der Waals surface area contributed by atoms with Crippen LogP contribution in [-0.2, 0) is 34.0 Å². The van der Waals surface area contributed by atoms with E-state index in [0.29, 0.717) is 23.0 Å². The maximum atomic E-state index is 11.2. The third-order valence-corrected chi connectivity index (χ3v) is 5.47. The van der Waals surface area contributed by atoms with E-state index in [-0.39, 0.29) is 18.6 Å². The Morgan fingerprint density at radius 1 is 1.10 bits per heavy atom. The lowest BCUT2D eigenvalue weighted by Gasteiger charge is -2.32. The van der Waals surface area contributed by atoms with Gasteiger partial charge in [0, 0.05) is 6.04 Å². The Balaban J connectivity index is 0.000000309. The summed E-state index contributed by atoms with van der Waals surface area (Å²) >= 11 is 0. The molecule has 2 aromatic rings. The van der Waals surface area contributed by atoms with Gasteiger partial charge in [0.25, 0.3) is 0 Å². The highest BCUT2D eigenvalue weighted by Gasteiger charge is 2.35. The van der Waals surface area contributed by atoms with Crippen LogP contribution in [0.4, 0.5) is 15.4 Å². The number of rotatable bonds is 12. The standard InChI is InChI=1S/C13H20N5O5P.C9H16O6/c1-2-13(5-19,23-8-24(20,21)22)18-7-16-10-11(17-9-3-4-9)14-6-15-12(10)18;1-6(2)14-8(10)12-5-13-9(11)15-7(3)4/h6-7,9,19H,2-5,8H2,1H3,(H,14,15,17)(H2,20,21,22);6-7H,5H2,1-4H3. The van der Waals surface area contributed by atoms with Gasteiger partial charge in [-0.05, 0) is 47.0 Å². The van der Waals surface area contributed by atoms with Gasteiger partial charge in [0.05, 0.1) is 25.1 Å². The van der Waals surface area contributed by atoms with Crippen LogP contribution in [0.5, 0.6) is 0 Å². The van der Waals surface area contributed by atoms with E-state index in [0.717, 1.165) is 12.8 Å². The lowest BCUT2D eigenvalue weighted by Crippen LogP contribution is -2.40. The van der Waals surface area contributed by atoms with E-state index < -0.39 is 45.4 Å². The number of anilines is 1. The second-order valence-corrected chi connectivity index (χ2v) is 10.7. The second-order valence-electron chi connectivity index (χ2n) is 9.06. The number of hydrogen-bond donors (Lipinski definition) is 4. The molecule has 0 bridgehead atoms. The molecule has 2 heterocycles. The van der Waals surface area contributed by atoms with Crippen molar-refractivity contribution in [2.24, 2.45) is 0 Å². The van der Waals surface area contributed by atoms with Gasteiger partial charge in [-0.2, -0.15) is 0 Å². The number of aliphatic hydroxyl groups is 1. The van der Waals surface area contributed by atoms with Crippen molar-refractivity contribution in [2.45, 2.75) is 77.9 Å². The largest absolute Gasteiger partial charge is 0.511 e. The normalized spacial score (nSPS) is 14.8. The molecule has 0 aromatic carbocycles. The highest BCUT2D eigenvalue weighted by atomic mass is 31.2. The Morgan fingerprint density at radius 2 is 1.69 bits per heavy atom. The van der Waals surface area contributed by atoms with E-state index in [9.17, 15) is 19.3 Å². The quantitative estimate of drug-likeness (QED) is 0.162. The first-order valence-corrected chi connectivity index (χ1v) is 14.0. The van der Waals surface area contributed by atoms with Gasteiger partial charge >= 0.3 is 19.9 Å². The first-order valence-electron chi connectivity index (χ1n) is 12.2. The molecule has 1 aliphatic carbocycles. The molecular weight excluding hydrogens is 541 g/mol. The average molecular weight is 578 g/mol. The molecule has 220 valence electrons. The summed E-state index contributed by atoms with van der Waals surface area (Å²) in [6.07, 6.45) is 2.11. The first kappa shape index (κ1) is 32.2. The molecule has 0 amide bonds. The van der Waals surface area contributed by atoms with Gasteiger partial charge in [-0.3, -0.25) is 9.13 Å². The summed E-state index contributed by atoms with van der Waals surface area (Å²) in [6.45, 7) is 7.45. The van der Waals surface area contributed by atoms with Crippen molar-refractivity contribution in [3.05, 3.63) is 12.7 Å². The third kappa shape index (κ3) is 10.6. The summed E-state index contributed by atoms with van der Waals surface area (Å²) in [6, 6.07) is 0.382. The van der Waals surface area contributed by atoms with E-state index >= 15 is 0 Å². The molecule has 3 rings (SSSR count). The predicted molar refractivity (Wildman–Crippen MR) is 136 cm³/mol. The van der Waals surface area contributed by atoms with Crippen molar-refractivity contribution in [1.82, 2.24) is 19.5 Å². The van der Waals surface area contributed by atoms with E-state index in [1.54, 1.807) is 34.6 Å². The predicted octanol–water partition coefficient (Wildman–Crippen LogP) is 2.67. The molecule has 1 unspecified atom stereocenters. The molecule has 1 fully saturated rings. The Morgan fingerprint density at radius 3 is 2.15 bits per heavy atom. The summed E-state index contributed by atoms with van der Waals surface area (Å²) < 4.78 is 36.1. The number of aliphatic hydroxyl groups excluding tert-OH is 1. The van der Waals surface area contributed by atoms with Crippen LogP contribution in [0.25, 0.3) is 11.2 Å². The molecule has 39 heavy (non-hydrogen) atoms. The molecule has 0 saturated heterocycles. The number of aromatic nitrogens is 4. The van der Waals surface area contributed by atoms with E-state index in [1.807, 2.05) is 0 Å². The molecule has 16 nitrogen and oxygen atoms in total. The number of carbonyl (C=O) groups excluding carboxylic acids is 2. The fourth-order valence-electron chi connectivity index (χ4n) is 3.02. The van der Waals surface area contributed by atoms with Crippen LogP contribution in [0, 0.1) is 0 Å². The van der Waals surface area contributed by atoms with Crippen LogP contribution < -0.4 is 5.32 Å². The summed E-state index contributed by atoms with van der Waals surface area (Å²) in [5, 5.41) is 13.1. The van der Waals surface area contributed by atoms with Crippen LogP contribution in [0.1, 0.15) is 53.9 Å². The minimum atomic E-state index is -4.38. The minimum Gasteiger partial charge on any atom is -0.431 e. The van der Waals surface area contributed by atoms with E-state index in [2.05, 4.69) is 39.2 Å². The highest BCUT2D eigenvalue weighted by Crippen LogP contribution is 2.38. The van der Waals surface area contributed by atoms with E-state index in [4.69, 9.17) is 14.5 Å². The smallest absolute Gasteiger partial charge is 0.431 e. The van der Waals surface area contributed by atoms with Gasteiger partial charge in [0.15, 0.2) is 29.1 Å². The van der Waals surface area contributed by atoms with Gasteiger partial charge in [-0.25, -0.2) is 24.5 Å². The Bertz CT molecular complexity index is 1110. The van der Waals surface area contributed by atoms with Crippen LogP contribution >= 0.6 is 7.60 Å². The molecule has 17 heteroatoms. The number of nitrogens with zero attached hydrogens (tertiary/aromatic N) is 4. The topological polar surface area (TPSA) is 214 Å².